The number of fused-ring (bicyclic) bond motifs is 1. The first-order valence-corrected chi connectivity index (χ1v) is 9.00. The van der Waals surface area contributed by atoms with Gasteiger partial charge in [0.05, 0.1) is 0 Å². The van der Waals surface area contributed by atoms with Crippen molar-refractivity contribution < 1.29 is 0 Å². The van der Waals surface area contributed by atoms with Crippen molar-refractivity contribution in [3.8, 4) is 0 Å². The Morgan fingerprint density at radius 1 is 1.04 bits per heavy atom. The van der Waals surface area contributed by atoms with Crippen molar-refractivity contribution in [2.45, 2.75) is 12.8 Å². The van der Waals surface area contributed by atoms with Crippen LogP contribution in [0.2, 0.25) is 0 Å². The monoisotopic (exact) mass is 395 g/mol. The van der Waals surface area contributed by atoms with E-state index >= 15 is 0 Å². The number of aromatic nitrogens is 2. The Bertz CT molecular complexity index is 895. The molecule has 2 aromatic carbocycles. The number of anilines is 5. The number of nitrogens with two attached hydrogens (primary N) is 1. The molecule has 2 heterocycles. The van der Waals surface area contributed by atoms with Crippen LogP contribution < -0.4 is 16.0 Å². The molecule has 0 atom stereocenters. The van der Waals surface area contributed by atoms with Gasteiger partial charge in [-0.3, -0.25) is 0 Å². The first kappa shape index (κ1) is 15.9. The molecule has 0 radical (unpaired) electrons. The summed E-state index contributed by atoms with van der Waals surface area (Å²) in [5.74, 6) is 1.37. The lowest BCUT2D eigenvalue weighted by Crippen LogP contribution is -2.26. The maximum atomic E-state index is 6.41. The zero-order valence-corrected chi connectivity index (χ0v) is 15.2. The lowest BCUT2D eigenvalue weighted by Gasteiger charge is -2.31. The summed E-state index contributed by atoms with van der Waals surface area (Å²) in [7, 11) is 0. The molecule has 3 aromatic rings. The van der Waals surface area contributed by atoms with E-state index in [0.717, 1.165) is 35.4 Å². The van der Waals surface area contributed by atoms with Gasteiger partial charge in [-0.1, -0.05) is 34.1 Å². The molecule has 0 saturated heterocycles. The fourth-order valence-corrected chi connectivity index (χ4v) is 3.39. The van der Waals surface area contributed by atoms with Crippen LogP contribution >= 0.6 is 15.9 Å². The van der Waals surface area contributed by atoms with E-state index in [0.29, 0.717) is 11.5 Å². The van der Waals surface area contributed by atoms with Gasteiger partial charge in [-0.2, -0.15) is 0 Å². The smallest absolute Gasteiger partial charge is 0.161 e. The molecule has 5 nitrogen and oxygen atoms in total. The zero-order chi connectivity index (χ0) is 17.2. The number of nitrogen functional groups attached to an aromatic ring is 1. The van der Waals surface area contributed by atoms with Crippen LogP contribution in [0.4, 0.5) is 28.7 Å². The van der Waals surface area contributed by atoms with E-state index < -0.39 is 0 Å². The van der Waals surface area contributed by atoms with Crippen molar-refractivity contribution in [3.05, 3.63) is 64.9 Å². The van der Waals surface area contributed by atoms with Crippen LogP contribution in [0.15, 0.2) is 59.3 Å². The molecule has 3 N–H and O–H groups in total. The van der Waals surface area contributed by atoms with E-state index in [-0.39, 0.29) is 0 Å². The number of aryl methyl sites for hydroxylation is 1. The lowest BCUT2D eigenvalue weighted by atomic mass is 10.0. The third-order valence-corrected chi connectivity index (χ3v) is 4.86. The molecule has 1 aliphatic rings. The van der Waals surface area contributed by atoms with Crippen molar-refractivity contribution in [1.82, 2.24) is 9.97 Å². The average molecular weight is 396 g/mol. The van der Waals surface area contributed by atoms with Gasteiger partial charge in [-0.05, 0) is 48.7 Å². The summed E-state index contributed by atoms with van der Waals surface area (Å²) in [6.45, 7) is 0.899. The van der Waals surface area contributed by atoms with Gasteiger partial charge in [0.25, 0.3) is 0 Å². The summed E-state index contributed by atoms with van der Waals surface area (Å²) < 4.78 is 1.03. The Hall–Kier alpha value is -2.60. The number of halogens is 1. The number of nitrogens with zero attached hydrogens (tertiary/aromatic N) is 3. The van der Waals surface area contributed by atoms with Gasteiger partial charge in [0.2, 0.25) is 0 Å². The Labute approximate surface area is 155 Å². The van der Waals surface area contributed by atoms with Crippen molar-refractivity contribution in [3.63, 3.8) is 0 Å². The van der Waals surface area contributed by atoms with E-state index in [4.69, 9.17) is 5.73 Å². The molecule has 126 valence electrons. The van der Waals surface area contributed by atoms with Crippen molar-refractivity contribution >= 4 is 44.6 Å². The SMILES string of the molecule is Nc1c(Nc2ccc(Br)cc2)ncnc1N1CCCc2ccccc21. The van der Waals surface area contributed by atoms with Gasteiger partial charge in [-0.15, -0.1) is 0 Å². The Kier molecular flexibility index (Phi) is 4.28. The number of rotatable bonds is 3. The van der Waals surface area contributed by atoms with Crippen LogP contribution in [-0.4, -0.2) is 16.5 Å². The predicted molar refractivity (Wildman–Crippen MR) is 106 cm³/mol. The highest BCUT2D eigenvalue weighted by molar-refractivity contribution is 9.10. The molecule has 0 saturated carbocycles. The summed E-state index contributed by atoms with van der Waals surface area (Å²) in [5.41, 5.74) is 10.4. The highest BCUT2D eigenvalue weighted by Gasteiger charge is 2.22. The van der Waals surface area contributed by atoms with Crippen LogP contribution in [-0.2, 0) is 6.42 Å². The minimum Gasteiger partial charge on any atom is -0.393 e. The first-order chi connectivity index (χ1) is 12.2. The summed E-state index contributed by atoms with van der Waals surface area (Å²) in [5, 5.41) is 3.28. The molecule has 4 rings (SSSR count). The van der Waals surface area contributed by atoms with Crippen LogP contribution in [0, 0.1) is 0 Å². The van der Waals surface area contributed by atoms with Gasteiger partial charge in [-0.25, -0.2) is 9.97 Å². The van der Waals surface area contributed by atoms with E-state index in [9.17, 15) is 0 Å². The van der Waals surface area contributed by atoms with Gasteiger partial charge in [0.15, 0.2) is 11.6 Å². The third kappa shape index (κ3) is 3.17. The van der Waals surface area contributed by atoms with E-state index in [1.54, 1.807) is 6.33 Å². The van der Waals surface area contributed by atoms with E-state index in [2.05, 4.69) is 60.4 Å². The number of nitrogens with one attached hydrogen (secondary N) is 1. The highest BCUT2D eigenvalue weighted by atomic mass is 79.9. The van der Waals surface area contributed by atoms with Gasteiger partial charge < -0.3 is 16.0 Å². The minimum absolute atomic E-state index is 0.558. The van der Waals surface area contributed by atoms with Gasteiger partial charge >= 0.3 is 0 Å². The van der Waals surface area contributed by atoms with Crippen molar-refractivity contribution in [2.75, 3.05) is 22.5 Å². The fraction of sp³-hybridized carbons (Fsp3) is 0.158. The summed E-state index contributed by atoms with van der Waals surface area (Å²) >= 11 is 3.44. The summed E-state index contributed by atoms with van der Waals surface area (Å²) in [4.78, 5) is 11.0. The second-order valence-electron chi connectivity index (χ2n) is 5.98. The highest BCUT2D eigenvalue weighted by Crippen LogP contribution is 2.37. The quantitative estimate of drug-likeness (QED) is 0.675. The maximum Gasteiger partial charge on any atom is 0.161 e. The molecule has 6 heteroatoms. The number of hydrogen-bond acceptors (Lipinski definition) is 5. The molecular formula is C19H18BrN5. The Morgan fingerprint density at radius 3 is 2.68 bits per heavy atom. The normalized spacial score (nSPS) is 13.4. The molecule has 0 amide bonds. The molecule has 0 aliphatic carbocycles. The van der Waals surface area contributed by atoms with Crippen molar-refractivity contribution in [1.29, 1.82) is 0 Å². The number of benzene rings is 2. The van der Waals surface area contributed by atoms with Crippen molar-refractivity contribution in [2.24, 2.45) is 0 Å². The average Bonchev–Trinajstić information content (AvgIpc) is 2.65. The third-order valence-electron chi connectivity index (χ3n) is 4.34. The molecule has 0 bridgehead atoms. The molecule has 25 heavy (non-hydrogen) atoms. The molecular weight excluding hydrogens is 378 g/mol. The standard InChI is InChI=1S/C19H18BrN5/c20-14-7-9-15(10-8-14)24-18-17(21)19(23-12-22-18)25-11-3-5-13-4-1-2-6-16(13)25/h1-2,4,6-10,12H,3,5,11,21H2,(H,22,23,24). The molecule has 1 aromatic heterocycles. The molecule has 1 aliphatic heterocycles. The molecule has 0 fully saturated rings. The lowest BCUT2D eigenvalue weighted by molar-refractivity contribution is 0.759. The van der Waals surface area contributed by atoms with Gasteiger partial charge in [0.1, 0.15) is 12.0 Å². The van der Waals surface area contributed by atoms with Crippen LogP contribution in [0.1, 0.15) is 12.0 Å². The van der Waals surface area contributed by atoms with Crippen LogP contribution in [0.3, 0.4) is 0 Å². The predicted octanol–water partition coefficient (Wildman–Crippen LogP) is 4.65. The largest absolute Gasteiger partial charge is 0.393 e. The van der Waals surface area contributed by atoms with Crippen LogP contribution in [0.25, 0.3) is 0 Å². The fourth-order valence-electron chi connectivity index (χ4n) is 3.12. The molecule has 0 spiro atoms. The Balaban J connectivity index is 1.69. The van der Waals surface area contributed by atoms with E-state index in [1.165, 1.54) is 11.3 Å². The summed E-state index contributed by atoms with van der Waals surface area (Å²) in [6.07, 6.45) is 3.72. The van der Waals surface area contributed by atoms with Gasteiger partial charge in [0, 0.05) is 22.4 Å². The second kappa shape index (κ2) is 6.72. The van der Waals surface area contributed by atoms with E-state index in [1.807, 2.05) is 24.3 Å². The molecule has 0 unspecified atom stereocenters. The van der Waals surface area contributed by atoms with Crippen LogP contribution in [0.5, 0.6) is 0 Å². The zero-order valence-electron chi connectivity index (χ0n) is 13.6. The minimum atomic E-state index is 0.558. The second-order valence-corrected chi connectivity index (χ2v) is 6.89. The Morgan fingerprint density at radius 2 is 1.84 bits per heavy atom. The maximum absolute atomic E-state index is 6.41. The topological polar surface area (TPSA) is 67.1 Å². The first-order valence-electron chi connectivity index (χ1n) is 8.21. The number of para-hydroxylation sites is 1. The number of hydrogen-bond donors (Lipinski definition) is 2. The summed E-state index contributed by atoms with van der Waals surface area (Å²) in [6, 6.07) is 16.3.